The molecule has 202 valence electrons. The van der Waals surface area contributed by atoms with E-state index in [1.54, 1.807) is 24.1 Å². The molecule has 3 fully saturated rings. The van der Waals surface area contributed by atoms with Gasteiger partial charge in [-0.25, -0.2) is 4.98 Å². The van der Waals surface area contributed by atoms with Crippen LogP contribution in [0.1, 0.15) is 31.7 Å². The molecule has 0 aliphatic carbocycles. The number of anilines is 4. The fraction of sp³-hybridized carbons (Fsp3) is 0.481. The molecule has 38 heavy (non-hydrogen) atoms. The Bertz CT molecular complexity index is 1260. The Balaban J connectivity index is 1.36. The molecule has 7 rings (SSSR count). The fourth-order valence-electron chi connectivity index (χ4n) is 5.96. The number of benzene rings is 1. The van der Waals surface area contributed by atoms with Gasteiger partial charge in [-0.1, -0.05) is 6.07 Å². The smallest absolute Gasteiger partial charge is 0.405 e. The third-order valence-electron chi connectivity index (χ3n) is 7.99. The number of morpholine rings is 1. The van der Waals surface area contributed by atoms with Gasteiger partial charge in [0.05, 0.1) is 42.6 Å². The second kappa shape index (κ2) is 9.37. The summed E-state index contributed by atoms with van der Waals surface area (Å²) in [6.07, 6.45) is 0.674. The fourth-order valence-corrected chi connectivity index (χ4v) is 5.96. The van der Waals surface area contributed by atoms with E-state index in [4.69, 9.17) is 4.74 Å². The molecule has 1 unspecified atom stereocenters. The van der Waals surface area contributed by atoms with Crippen molar-refractivity contribution in [1.29, 1.82) is 0 Å². The van der Waals surface area contributed by atoms with Gasteiger partial charge in [0.15, 0.2) is 0 Å². The topological polar surface area (TPSA) is 81.2 Å². The number of carbonyl (C=O) groups excluding carboxylic acids is 1. The highest BCUT2D eigenvalue weighted by Gasteiger charge is 2.40. The Morgan fingerprint density at radius 1 is 1.26 bits per heavy atom. The molecule has 11 heteroatoms. The molecular formula is C27H30F3N5O3. The van der Waals surface area contributed by atoms with Crippen molar-refractivity contribution in [3.8, 4) is 0 Å². The minimum Gasteiger partial charge on any atom is -0.510 e. The summed E-state index contributed by atoms with van der Waals surface area (Å²) in [4.78, 5) is 23.5. The van der Waals surface area contributed by atoms with Crippen molar-refractivity contribution in [3.63, 3.8) is 0 Å². The minimum absolute atomic E-state index is 0.0727. The highest BCUT2D eigenvalue weighted by atomic mass is 19.4. The summed E-state index contributed by atoms with van der Waals surface area (Å²) in [5, 5.41) is 14.1. The van der Waals surface area contributed by atoms with Crippen molar-refractivity contribution >= 4 is 28.8 Å². The van der Waals surface area contributed by atoms with E-state index in [9.17, 15) is 23.1 Å². The van der Waals surface area contributed by atoms with Crippen molar-refractivity contribution in [2.75, 3.05) is 34.8 Å². The Morgan fingerprint density at radius 3 is 2.82 bits per heavy atom. The molecule has 0 saturated carbocycles. The Kier molecular flexibility index (Phi) is 6.13. The molecular weight excluding hydrogens is 499 g/mol. The lowest BCUT2D eigenvalue weighted by molar-refractivity contribution is -0.146. The minimum atomic E-state index is -4.41. The average molecular weight is 530 g/mol. The van der Waals surface area contributed by atoms with Crippen LogP contribution in [0.5, 0.6) is 0 Å². The number of hydrogen-bond donors (Lipinski definition) is 2. The quantitative estimate of drug-likeness (QED) is 0.596. The Hall–Kier alpha value is -3.47. The molecule has 4 atom stereocenters. The zero-order chi connectivity index (χ0) is 26.6. The van der Waals surface area contributed by atoms with Crippen LogP contribution >= 0.6 is 0 Å². The summed E-state index contributed by atoms with van der Waals surface area (Å²) in [7, 11) is 0. The molecule has 1 aromatic heterocycles. The van der Waals surface area contributed by atoms with Gasteiger partial charge in [0.25, 0.3) is 0 Å². The lowest BCUT2D eigenvalue weighted by atomic mass is 9.92. The molecule has 5 aliphatic rings. The van der Waals surface area contributed by atoms with Crippen molar-refractivity contribution in [1.82, 2.24) is 9.88 Å². The van der Waals surface area contributed by atoms with E-state index in [-0.39, 0.29) is 36.8 Å². The monoisotopic (exact) mass is 529 g/mol. The number of nitrogens with one attached hydrogen (secondary N) is 1. The van der Waals surface area contributed by atoms with Crippen molar-refractivity contribution in [2.24, 2.45) is 5.92 Å². The maximum Gasteiger partial charge on any atom is 0.405 e. The first kappa shape index (κ1) is 24.8. The zero-order valence-corrected chi connectivity index (χ0v) is 21.0. The highest BCUT2D eigenvalue weighted by molar-refractivity contribution is 6.01. The van der Waals surface area contributed by atoms with Gasteiger partial charge in [-0.3, -0.25) is 4.79 Å². The summed E-state index contributed by atoms with van der Waals surface area (Å²) in [6, 6.07) is 9.31. The molecule has 6 heterocycles. The van der Waals surface area contributed by atoms with Crippen molar-refractivity contribution < 1.29 is 27.8 Å². The maximum atomic E-state index is 14.0. The van der Waals surface area contributed by atoms with Crippen LogP contribution in [-0.2, 0) is 16.1 Å². The van der Waals surface area contributed by atoms with E-state index >= 15 is 0 Å². The second-order valence-corrected chi connectivity index (χ2v) is 10.6. The van der Waals surface area contributed by atoms with Crippen LogP contribution in [0, 0.1) is 5.92 Å². The Labute approximate surface area is 218 Å². The average Bonchev–Trinajstić information content (AvgIpc) is 3.06. The number of rotatable bonds is 3. The number of aromatic nitrogens is 1. The van der Waals surface area contributed by atoms with Gasteiger partial charge in [0.1, 0.15) is 18.1 Å². The standard InChI is InChI=1S/C27H30F3N5O3/c1-16-9-21(24(36)13-33(16)15-27(28,29)30)26(37)35-11-17-3-2-8-31-25(17)32-22-7-5-18(10-23(22)35)34-12-20-6-4-19(34)14-38-20/h2-3,5,7-8,10,13,16,19-21,36H,4,6,9,11-12,14-15H2,1H3,(H,31,32)/t16-,19+,20+,21?/m1/s1. The molecule has 2 aromatic rings. The van der Waals surface area contributed by atoms with Gasteiger partial charge in [-0.05, 0) is 50.5 Å². The number of piperidine rings is 1. The number of pyridine rings is 1. The number of hydrogen-bond acceptors (Lipinski definition) is 7. The molecule has 0 spiro atoms. The van der Waals surface area contributed by atoms with E-state index in [1.807, 2.05) is 24.3 Å². The number of aliphatic hydroxyl groups excluding tert-OH is 1. The molecule has 2 N–H and O–H groups in total. The van der Waals surface area contributed by atoms with Crippen LogP contribution in [0.15, 0.2) is 48.5 Å². The number of carbonyl (C=O) groups is 1. The largest absolute Gasteiger partial charge is 0.510 e. The zero-order valence-electron chi connectivity index (χ0n) is 21.0. The third-order valence-corrected chi connectivity index (χ3v) is 7.99. The molecule has 2 bridgehead atoms. The molecule has 8 nitrogen and oxygen atoms in total. The summed E-state index contributed by atoms with van der Waals surface area (Å²) in [5.41, 5.74) is 3.12. The van der Waals surface area contributed by atoms with Gasteiger partial charge in [-0.15, -0.1) is 0 Å². The van der Waals surface area contributed by atoms with Crippen LogP contribution in [0.25, 0.3) is 0 Å². The molecule has 1 amide bonds. The summed E-state index contributed by atoms with van der Waals surface area (Å²) in [6.45, 7) is 2.12. The lowest BCUT2D eigenvalue weighted by Gasteiger charge is -2.46. The molecule has 5 aliphatic heterocycles. The maximum absolute atomic E-state index is 14.0. The normalized spacial score (nSPS) is 26.7. The van der Waals surface area contributed by atoms with Gasteiger partial charge in [-0.2, -0.15) is 13.2 Å². The van der Waals surface area contributed by atoms with Gasteiger partial charge in [0, 0.05) is 36.2 Å². The summed E-state index contributed by atoms with van der Waals surface area (Å²) < 4.78 is 45.0. The van der Waals surface area contributed by atoms with E-state index in [1.165, 1.54) is 0 Å². The molecule has 3 saturated heterocycles. The van der Waals surface area contributed by atoms with E-state index in [0.29, 0.717) is 23.8 Å². The van der Waals surface area contributed by atoms with Crippen LogP contribution in [-0.4, -0.2) is 65.0 Å². The number of nitrogens with zero attached hydrogens (tertiary/aromatic N) is 4. The number of amides is 1. The van der Waals surface area contributed by atoms with Crippen LogP contribution < -0.4 is 15.1 Å². The lowest BCUT2D eigenvalue weighted by Crippen LogP contribution is -2.54. The molecule has 1 aromatic carbocycles. The van der Waals surface area contributed by atoms with Gasteiger partial charge >= 0.3 is 6.18 Å². The first-order valence-electron chi connectivity index (χ1n) is 12.9. The Morgan fingerprint density at radius 2 is 2.11 bits per heavy atom. The third kappa shape index (κ3) is 4.63. The number of aliphatic hydroxyl groups is 1. The van der Waals surface area contributed by atoms with Crippen LogP contribution in [0.2, 0.25) is 0 Å². The highest BCUT2D eigenvalue weighted by Crippen LogP contribution is 2.41. The van der Waals surface area contributed by atoms with Crippen molar-refractivity contribution in [2.45, 2.75) is 57.1 Å². The van der Waals surface area contributed by atoms with Crippen molar-refractivity contribution in [3.05, 3.63) is 54.1 Å². The van der Waals surface area contributed by atoms with Gasteiger partial charge < -0.3 is 29.9 Å². The number of halogens is 3. The first-order valence-corrected chi connectivity index (χ1v) is 12.9. The van der Waals surface area contributed by atoms with Gasteiger partial charge in [0.2, 0.25) is 5.91 Å². The number of ether oxygens (including phenoxy) is 1. The second-order valence-electron chi connectivity index (χ2n) is 10.6. The SMILES string of the molecule is C[C@@H]1CC(C(=O)N2Cc3cccnc3Nc3ccc(N4C[C@@H]5CC[C@H]4CO5)cc32)C(O)=CN1CC(F)(F)F. The number of alkyl halides is 3. The number of fused-ring (bicyclic) bond motifs is 5. The summed E-state index contributed by atoms with van der Waals surface area (Å²) >= 11 is 0. The molecule has 0 radical (unpaired) electrons. The predicted molar refractivity (Wildman–Crippen MR) is 136 cm³/mol. The van der Waals surface area contributed by atoms with E-state index in [2.05, 4.69) is 15.2 Å². The van der Waals surface area contributed by atoms with E-state index < -0.39 is 24.7 Å². The first-order chi connectivity index (χ1) is 18.2. The summed E-state index contributed by atoms with van der Waals surface area (Å²) in [5.74, 6) is -1.04. The predicted octanol–water partition coefficient (Wildman–Crippen LogP) is 4.71. The van der Waals surface area contributed by atoms with E-state index in [0.717, 1.165) is 41.7 Å². The van der Waals surface area contributed by atoms with Crippen LogP contribution in [0.3, 0.4) is 0 Å². The van der Waals surface area contributed by atoms with Crippen LogP contribution in [0.4, 0.5) is 36.1 Å².